The molecule has 0 saturated carbocycles. The van der Waals surface area contributed by atoms with Gasteiger partial charge in [-0.25, -0.2) is 0 Å². The molecule has 1 atom stereocenters. The summed E-state index contributed by atoms with van der Waals surface area (Å²) in [7, 11) is 1.69. The molecule has 0 aromatic heterocycles. The lowest BCUT2D eigenvalue weighted by molar-refractivity contribution is -0.120. The Kier molecular flexibility index (Phi) is 9.24. The van der Waals surface area contributed by atoms with Gasteiger partial charge in [-0.1, -0.05) is 20.8 Å². The summed E-state index contributed by atoms with van der Waals surface area (Å²) in [5.74, 6) is 1.15. The van der Waals surface area contributed by atoms with Gasteiger partial charge in [-0.2, -0.15) is 0 Å². The molecular weight excluding hydrogens is 204 g/mol. The molecule has 16 heavy (non-hydrogen) atoms. The first-order valence-electron chi connectivity index (χ1n) is 6.02. The summed E-state index contributed by atoms with van der Waals surface area (Å²) in [6.45, 7) is 9.09. The lowest BCUT2D eigenvalue weighted by Crippen LogP contribution is -2.36. The van der Waals surface area contributed by atoms with Gasteiger partial charge in [0.15, 0.2) is 0 Å². The number of ether oxygens (including phenoxy) is 1. The van der Waals surface area contributed by atoms with E-state index in [1.807, 2.05) is 0 Å². The molecule has 0 radical (unpaired) electrons. The molecule has 1 amide bonds. The highest BCUT2D eigenvalue weighted by molar-refractivity contribution is 5.77. The van der Waals surface area contributed by atoms with Gasteiger partial charge in [-0.05, 0) is 18.3 Å². The summed E-state index contributed by atoms with van der Waals surface area (Å²) in [5.41, 5.74) is 0. The number of amides is 1. The lowest BCUT2D eigenvalue weighted by Gasteiger charge is -2.11. The Labute approximate surface area is 99.1 Å². The molecule has 4 nitrogen and oxygen atoms in total. The van der Waals surface area contributed by atoms with E-state index in [9.17, 15) is 4.79 Å². The summed E-state index contributed by atoms with van der Waals surface area (Å²) >= 11 is 0. The molecule has 96 valence electrons. The molecule has 0 aromatic rings. The molecule has 0 fully saturated rings. The molecule has 0 rings (SSSR count). The lowest BCUT2D eigenvalue weighted by atomic mass is 10.1. The van der Waals surface area contributed by atoms with Crippen LogP contribution in [-0.2, 0) is 9.53 Å². The fourth-order valence-electron chi connectivity index (χ4n) is 1.34. The maximum atomic E-state index is 11.4. The molecule has 0 aromatic carbocycles. The van der Waals surface area contributed by atoms with Crippen LogP contribution in [-0.4, -0.2) is 39.3 Å². The largest absolute Gasteiger partial charge is 0.384 e. The molecule has 0 bridgehead atoms. The zero-order chi connectivity index (χ0) is 12.4. The summed E-state index contributed by atoms with van der Waals surface area (Å²) in [4.78, 5) is 11.4. The van der Waals surface area contributed by atoms with Crippen LogP contribution < -0.4 is 10.6 Å². The van der Waals surface area contributed by atoms with Crippen LogP contribution in [0.15, 0.2) is 0 Å². The molecule has 0 heterocycles. The second kappa shape index (κ2) is 9.60. The first-order chi connectivity index (χ1) is 7.56. The first-order valence-corrected chi connectivity index (χ1v) is 6.02. The molecular formula is C12H26N2O2. The molecule has 2 N–H and O–H groups in total. The summed E-state index contributed by atoms with van der Waals surface area (Å²) in [5, 5.41) is 6.00. The van der Waals surface area contributed by atoms with E-state index < -0.39 is 0 Å². The third-order valence-electron chi connectivity index (χ3n) is 2.27. The monoisotopic (exact) mass is 230 g/mol. The Morgan fingerprint density at radius 3 is 2.56 bits per heavy atom. The van der Waals surface area contributed by atoms with E-state index in [1.54, 1.807) is 7.11 Å². The van der Waals surface area contributed by atoms with Crippen molar-refractivity contribution in [2.24, 2.45) is 11.8 Å². The van der Waals surface area contributed by atoms with E-state index >= 15 is 0 Å². The van der Waals surface area contributed by atoms with Gasteiger partial charge in [-0.15, -0.1) is 0 Å². The zero-order valence-electron chi connectivity index (χ0n) is 11.0. The highest BCUT2D eigenvalue weighted by Gasteiger charge is 2.03. The number of carbonyl (C=O) groups excluding carboxylic acids is 1. The van der Waals surface area contributed by atoms with Crippen molar-refractivity contribution in [3.8, 4) is 0 Å². The van der Waals surface area contributed by atoms with Crippen molar-refractivity contribution < 1.29 is 9.53 Å². The normalized spacial score (nSPS) is 12.8. The average Bonchev–Trinajstić information content (AvgIpc) is 2.17. The van der Waals surface area contributed by atoms with Crippen LogP contribution in [0, 0.1) is 11.8 Å². The molecule has 0 spiro atoms. The minimum Gasteiger partial charge on any atom is -0.384 e. The molecule has 0 aliphatic rings. The standard InChI is InChI=1S/C12H26N2O2/c1-10(2)5-6-14-12(15)8-13-7-11(3)9-16-4/h10-11,13H,5-9H2,1-4H3,(H,14,15). The second-order valence-electron chi connectivity index (χ2n) is 4.72. The third kappa shape index (κ3) is 9.93. The van der Waals surface area contributed by atoms with Gasteiger partial charge >= 0.3 is 0 Å². The Morgan fingerprint density at radius 1 is 1.31 bits per heavy atom. The van der Waals surface area contributed by atoms with Gasteiger partial charge in [0.1, 0.15) is 0 Å². The highest BCUT2D eigenvalue weighted by atomic mass is 16.5. The van der Waals surface area contributed by atoms with E-state index in [1.165, 1.54) is 0 Å². The predicted molar refractivity (Wildman–Crippen MR) is 66.4 cm³/mol. The number of methoxy groups -OCH3 is 1. The Hall–Kier alpha value is -0.610. The van der Waals surface area contributed by atoms with Crippen molar-refractivity contribution >= 4 is 5.91 Å². The maximum absolute atomic E-state index is 11.4. The van der Waals surface area contributed by atoms with Crippen LogP contribution in [0.1, 0.15) is 27.2 Å². The number of nitrogens with one attached hydrogen (secondary N) is 2. The molecule has 0 saturated heterocycles. The van der Waals surface area contributed by atoms with Crippen LogP contribution >= 0.6 is 0 Å². The SMILES string of the molecule is COCC(C)CNCC(=O)NCCC(C)C. The van der Waals surface area contributed by atoms with Gasteiger partial charge in [-0.3, -0.25) is 4.79 Å². The van der Waals surface area contributed by atoms with Crippen LogP contribution in [0.25, 0.3) is 0 Å². The second-order valence-corrected chi connectivity index (χ2v) is 4.72. The fraction of sp³-hybridized carbons (Fsp3) is 0.917. The quantitative estimate of drug-likeness (QED) is 0.622. The Morgan fingerprint density at radius 2 is 2.00 bits per heavy atom. The van der Waals surface area contributed by atoms with Crippen molar-refractivity contribution in [3.05, 3.63) is 0 Å². The van der Waals surface area contributed by atoms with Gasteiger partial charge in [0, 0.05) is 26.8 Å². The molecule has 0 aliphatic carbocycles. The number of carbonyl (C=O) groups is 1. The summed E-state index contributed by atoms with van der Waals surface area (Å²) in [6.07, 6.45) is 1.03. The first kappa shape index (κ1) is 15.4. The Bertz CT molecular complexity index is 184. The van der Waals surface area contributed by atoms with Crippen LogP contribution in [0.4, 0.5) is 0 Å². The molecule has 0 aliphatic heterocycles. The van der Waals surface area contributed by atoms with E-state index in [4.69, 9.17) is 4.74 Å². The fourth-order valence-corrected chi connectivity index (χ4v) is 1.34. The van der Waals surface area contributed by atoms with E-state index in [2.05, 4.69) is 31.4 Å². The van der Waals surface area contributed by atoms with Crippen molar-refractivity contribution in [2.75, 3.05) is 33.4 Å². The average molecular weight is 230 g/mol. The van der Waals surface area contributed by atoms with Gasteiger partial charge in [0.25, 0.3) is 0 Å². The van der Waals surface area contributed by atoms with E-state index in [-0.39, 0.29) is 5.91 Å². The zero-order valence-corrected chi connectivity index (χ0v) is 11.0. The summed E-state index contributed by atoms with van der Waals surface area (Å²) < 4.78 is 5.01. The predicted octanol–water partition coefficient (Wildman–Crippen LogP) is 1.02. The Balaban J connectivity index is 3.36. The van der Waals surface area contributed by atoms with Gasteiger partial charge < -0.3 is 15.4 Å². The van der Waals surface area contributed by atoms with Crippen molar-refractivity contribution in [2.45, 2.75) is 27.2 Å². The minimum atomic E-state index is 0.0743. The molecule has 4 heteroatoms. The number of rotatable bonds is 9. The number of hydrogen-bond acceptors (Lipinski definition) is 3. The highest BCUT2D eigenvalue weighted by Crippen LogP contribution is 1.96. The van der Waals surface area contributed by atoms with Crippen molar-refractivity contribution in [1.29, 1.82) is 0 Å². The van der Waals surface area contributed by atoms with Crippen molar-refractivity contribution in [1.82, 2.24) is 10.6 Å². The topological polar surface area (TPSA) is 50.4 Å². The summed E-state index contributed by atoms with van der Waals surface area (Å²) in [6, 6.07) is 0. The van der Waals surface area contributed by atoms with E-state index in [0.717, 1.165) is 26.1 Å². The van der Waals surface area contributed by atoms with Gasteiger partial charge in [0.05, 0.1) is 6.54 Å². The maximum Gasteiger partial charge on any atom is 0.233 e. The van der Waals surface area contributed by atoms with Crippen LogP contribution in [0.3, 0.4) is 0 Å². The smallest absolute Gasteiger partial charge is 0.233 e. The minimum absolute atomic E-state index is 0.0743. The van der Waals surface area contributed by atoms with Gasteiger partial charge in [0.2, 0.25) is 5.91 Å². The van der Waals surface area contributed by atoms with Crippen molar-refractivity contribution in [3.63, 3.8) is 0 Å². The van der Waals surface area contributed by atoms with Crippen LogP contribution in [0.2, 0.25) is 0 Å². The van der Waals surface area contributed by atoms with E-state index in [0.29, 0.717) is 18.4 Å². The number of hydrogen-bond donors (Lipinski definition) is 2. The molecule has 1 unspecified atom stereocenters. The van der Waals surface area contributed by atoms with Crippen LogP contribution in [0.5, 0.6) is 0 Å². The third-order valence-corrected chi connectivity index (χ3v) is 2.27.